The summed E-state index contributed by atoms with van der Waals surface area (Å²) in [7, 11) is 0. The van der Waals surface area contributed by atoms with Crippen LogP contribution in [0.1, 0.15) is 22.9 Å². The van der Waals surface area contributed by atoms with Crippen LogP contribution in [0, 0.1) is 0 Å². The molecule has 0 aliphatic rings. The van der Waals surface area contributed by atoms with E-state index in [4.69, 9.17) is 8.83 Å². The molecule has 0 radical (unpaired) electrons. The van der Waals surface area contributed by atoms with E-state index in [0.29, 0.717) is 8.95 Å². The Balaban J connectivity index is 1.90. The number of imidazole rings is 1. The predicted molar refractivity (Wildman–Crippen MR) is 123 cm³/mol. The predicted octanol–water partition coefficient (Wildman–Crippen LogP) is 4.74. The highest BCUT2D eigenvalue weighted by Crippen LogP contribution is 2.41. The molecule has 160 valence electrons. The number of hydrogen-bond acceptors (Lipinski definition) is 7. The molecule has 5 rings (SSSR count). The summed E-state index contributed by atoms with van der Waals surface area (Å²) in [5.41, 5.74) is -1.96. The number of aromatic nitrogens is 2. The standard InChI is InChI=1S/C22H12Br2N2O6/c23-9-1-3-13-11(7-9)18(27)16(21(29)31-13)15(20-25-5-6-26-20)17-19(28)12-8-10(24)2-4-14(12)32-22(17)30/h1-8,15,27-28H,(H,25,26). The maximum absolute atomic E-state index is 13.0. The second-order valence-electron chi connectivity index (χ2n) is 6.99. The first-order valence-electron chi connectivity index (χ1n) is 9.25. The molecule has 0 fully saturated rings. The third kappa shape index (κ3) is 3.23. The Morgan fingerprint density at radius 2 is 1.34 bits per heavy atom. The molecule has 3 heterocycles. The Morgan fingerprint density at radius 1 is 0.844 bits per heavy atom. The van der Waals surface area contributed by atoms with Crippen molar-refractivity contribution in [1.82, 2.24) is 9.97 Å². The molecule has 0 saturated heterocycles. The summed E-state index contributed by atoms with van der Waals surface area (Å²) in [5.74, 6) is -1.94. The molecule has 0 aliphatic carbocycles. The van der Waals surface area contributed by atoms with Crippen molar-refractivity contribution in [2.24, 2.45) is 0 Å². The molecule has 3 aromatic heterocycles. The largest absolute Gasteiger partial charge is 0.507 e. The van der Waals surface area contributed by atoms with Crippen LogP contribution in [0.25, 0.3) is 21.9 Å². The van der Waals surface area contributed by atoms with Crippen molar-refractivity contribution >= 4 is 53.8 Å². The Morgan fingerprint density at radius 3 is 1.78 bits per heavy atom. The van der Waals surface area contributed by atoms with Gasteiger partial charge < -0.3 is 24.0 Å². The monoisotopic (exact) mass is 558 g/mol. The maximum atomic E-state index is 13.0. The summed E-state index contributed by atoms with van der Waals surface area (Å²) in [5, 5.41) is 22.7. The highest BCUT2D eigenvalue weighted by molar-refractivity contribution is 9.10. The number of rotatable bonds is 3. The van der Waals surface area contributed by atoms with Crippen LogP contribution >= 0.6 is 31.9 Å². The van der Waals surface area contributed by atoms with Gasteiger partial charge in [-0.25, -0.2) is 14.6 Å². The number of halogens is 2. The van der Waals surface area contributed by atoms with E-state index in [2.05, 4.69) is 41.8 Å². The molecule has 2 aromatic carbocycles. The average molecular weight is 560 g/mol. The zero-order valence-electron chi connectivity index (χ0n) is 15.9. The van der Waals surface area contributed by atoms with Crippen molar-refractivity contribution in [3.8, 4) is 11.5 Å². The lowest BCUT2D eigenvalue weighted by atomic mass is 9.90. The Bertz CT molecular complexity index is 1520. The molecular formula is C22H12Br2N2O6. The number of H-pyrrole nitrogens is 1. The lowest BCUT2D eigenvalue weighted by Crippen LogP contribution is -2.22. The Kier molecular flexibility index (Phi) is 4.90. The van der Waals surface area contributed by atoms with E-state index in [1.54, 1.807) is 24.3 Å². The van der Waals surface area contributed by atoms with Gasteiger partial charge in [0.25, 0.3) is 0 Å². The molecule has 3 N–H and O–H groups in total. The fraction of sp³-hybridized carbons (Fsp3) is 0.0455. The summed E-state index contributed by atoms with van der Waals surface area (Å²) in [6.07, 6.45) is 2.92. The van der Waals surface area contributed by atoms with E-state index in [1.807, 2.05) is 0 Å². The molecule has 0 bridgehead atoms. The molecule has 0 aliphatic heterocycles. The fourth-order valence-corrected chi connectivity index (χ4v) is 4.43. The van der Waals surface area contributed by atoms with Crippen molar-refractivity contribution in [3.63, 3.8) is 0 Å². The minimum absolute atomic E-state index is 0.138. The van der Waals surface area contributed by atoms with Crippen molar-refractivity contribution in [2.45, 2.75) is 5.92 Å². The van der Waals surface area contributed by atoms with E-state index < -0.39 is 28.7 Å². The second kappa shape index (κ2) is 7.64. The van der Waals surface area contributed by atoms with E-state index in [-0.39, 0.29) is 38.9 Å². The van der Waals surface area contributed by atoms with Gasteiger partial charge in [0.1, 0.15) is 28.5 Å². The topological polar surface area (TPSA) is 130 Å². The lowest BCUT2D eigenvalue weighted by Gasteiger charge is -2.17. The summed E-state index contributed by atoms with van der Waals surface area (Å²) < 4.78 is 12.1. The number of fused-ring (bicyclic) bond motifs is 2. The summed E-state index contributed by atoms with van der Waals surface area (Å²) in [6, 6.07) is 9.55. The molecule has 0 amide bonds. The third-order valence-electron chi connectivity index (χ3n) is 5.12. The summed E-state index contributed by atoms with van der Waals surface area (Å²) >= 11 is 6.66. The van der Waals surface area contributed by atoms with Crippen molar-refractivity contribution < 1.29 is 19.0 Å². The molecule has 0 spiro atoms. The number of nitrogens with zero attached hydrogens (tertiary/aromatic N) is 1. The minimum Gasteiger partial charge on any atom is -0.507 e. The highest BCUT2D eigenvalue weighted by Gasteiger charge is 2.34. The van der Waals surface area contributed by atoms with Gasteiger partial charge >= 0.3 is 11.3 Å². The smallest absolute Gasteiger partial charge is 0.344 e. The van der Waals surface area contributed by atoms with Gasteiger partial charge in [0, 0.05) is 21.3 Å². The van der Waals surface area contributed by atoms with Crippen molar-refractivity contribution in [1.29, 1.82) is 0 Å². The van der Waals surface area contributed by atoms with Gasteiger partial charge in [-0.05, 0) is 36.4 Å². The second-order valence-corrected chi connectivity index (χ2v) is 8.82. The van der Waals surface area contributed by atoms with E-state index in [0.717, 1.165) is 0 Å². The molecule has 5 aromatic rings. The molecule has 8 nitrogen and oxygen atoms in total. The Hall–Kier alpha value is -3.37. The van der Waals surface area contributed by atoms with Gasteiger partial charge in [0.05, 0.1) is 27.8 Å². The van der Waals surface area contributed by atoms with Gasteiger partial charge in [0.2, 0.25) is 0 Å². The van der Waals surface area contributed by atoms with Crippen LogP contribution in [0.5, 0.6) is 11.5 Å². The lowest BCUT2D eigenvalue weighted by molar-refractivity contribution is 0.439. The maximum Gasteiger partial charge on any atom is 0.344 e. The SMILES string of the molecule is O=c1oc2ccc(Br)cc2c(O)c1C(c1ncc[nH]1)c1c(O)c2cc(Br)ccc2oc1=O. The van der Waals surface area contributed by atoms with Crippen molar-refractivity contribution in [3.05, 3.63) is 95.5 Å². The van der Waals surface area contributed by atoms with Crippen LogP contribution < -0.4 is 11.3 Å². The third-order valence-corrected chi connectivity index (χ3v) is 6.11. The number of aromatic hydroxyl groups is 2. The average Bonchev–Trinajstić information content (AvgIpc) is 3.28. The molecule has 32 heavy (non-hydrogen) atoms. The normalized spacial score (nSPS) is 11.6. The first-order chi connectivity index (χ1) is 15.3. The van der Waals surface area contributed by atoms with Gasteiger partial charge in [-0.3, -0.25) is 0 Å². The first kappa shape index (κ1) is 20.5. The quantitative estimate of drug-likeness (QED) is 0.272. The number of hydrogen-bond donors (Lipinski definition) is 3. The van der Waals surface area contributed by atoms with Gasteiger partial charge in [0.15, 0.2) is 0 Å². The zero-order chi connectivity index (χ0) is 22.6. The van der Waals surface area contributed by atoms with Crippen molar-refractivity contribution in [2.75, 3.05) is 0 Å². The molecule has 0 unspecified atom stereocenters. The van der Waals surface area contributed by atoms with Crippen LogP contribution in [0.15, 0.2) is 76.2 Å². The van der Waals surface area contributed by atoms with Crippen LogP contribution in [-0.2, 0) is 0 Å². The van der Waals surface area contributed by atoms with E-state index >= 15 is 0 Å². The summed E-state index contributed by atoms with van der Waals surface area (Å²) in [6.45, 7) is 0. The molecule has 0 saturated carbocycles. The highest BCUT2D eigenvalue weighted by atomic mass is 79.9. The van der Waals surface area contributed by atoms with Crippen LogP contribution in [0.3, 0.4) is 0 Å². The minimum atomic E-state index is -1.29. The van der Waals surface area contributed by atoms with Gasteiger partial charge in [-0.1, -0.05) is 31.9 Å². The van der Waals surface area contributed by atoms with Crippen LogP contribution in [0.2, 0.25) is 0 Å². The first-order valence-corrected chi connectivity index (χ1v) is 10.8. The van der Waals surface area contributed by atoms with E-state index in [1.165, 1.54) is 24.5 Å². The van der Waals surface area contributed by atoms with Crippen LogP contribution in [-0.4, -0.2) is 20.2 Å². The zero-order valence-corrected chi connectivity index (χ0v) is 19.1. The van der Waals surface area contributed by atoms with Crippen LogP contribution in [0.4, 0.5) is 0 Å². The number of nitrogens with one attached hydrogen (secondary N) is 1. The van der Waals surface area contributed by atoms with Gasteiger partial charge in [-0.15, -0.1) is 0 Å². The van der Waals surface area contributed by atoms with Gasteiger partial charge in [-0.2, -0.15) is 0 Å². The molecule has 10 heteroatoms. The summed E-state index contributed by atoms with van der Waals surface area (Å²) in [4.78, 5) is 33.0. The van der Waals surface area contributed by atoms with E-state index in [9.17, 15) is 19.8 Å². The fourth-order valence-electron chi connectivity index (χ4n) is 3.71. The molecule has 0 atom stereocenters. The Labute approximate surface area is 195 Å². The number of aromatic amines is 1. The number of benzene rings is 2. The molecular weight excluding hydrogens is 548 g/mol.